The van der Waals surface area contributed by atoms with Gasteiger partial charge in [-0.25, -0.2) is 0 Å². The highest BCUT2D eigenvalue weighted by Gasteiger charge is 2.20. The third kappa shape index (κ3) is 4.47. The fourth-order valence-corrected chi connectivity index (χ4v) is 3.03. The highest BCUT2D eigenvalue weighted by molar-refractivity contribution is 5.89. The molecule has 1 unspecified atom stereocenters. The Morgan fingerprint density at radius 2 is 1.81 bits per heavy atom. The van der Waals surface area contributed by atoms with E-state index in [2.05, 4.69) is 10.3 Å². The predicted octanol–water partition coefficient (Wildman–Crippen LogP) is 3.14. The highest BCUT2D eigenvalue weighted by Crippen LogP contribution is 2.22. The van der Waals surface area contributed by atoms with E-state index >= 15 is 0 Å². The zero-order chi connectivity index (χ0) is 19.2. The average molecular weight is 366 g/mol. The van der Waals surface area contributed by atoms with Gasteiger partial charge in [-0.1, -0.05) is 30.3 Å². The van der Waals surface area contributed by atoms with E-state index in [0.29, 0.717) is 5.75 Å². The van der Waals surface area contributed by atoms with Gasteiger partial charge >= 0.3 is 5.97 Å². The van der Waals surface area contributed by atoms with Gasteiger partial charge in [-0.05, 0) is 29.3 Å². The number of rotatable bonds is 7. The first-order valence-corrected chi connectivity index (χ1v) is 8.66. The summed E-state index contributed by atoms with van der Waals surface area (Å²) in [4.78, 5) is 27.6. The molecule has 0 aliphatic carbocycles. The van der Waals surface area contributed by atoms with E-state index in [1.54, 1.807) is 19.2 Å². The number of para-hydroxylation sites is 1. The lowest BCUT2D eigenvalue weighted by atomic mass is 10.0. The smallest absolute Gasteiger partial charge is 0.307 e. The molecule has 1 aromatic heterocycles. The molecule has 0 saturated carbocycles. The van der Waals surface area contributed by atoms with Crippen LogP contribution < -0.4 is 10.1 Å². The number of amides is 1. The van der Waals surface area contributed by atoms with Crippen LogP contribution in [-0.2, 0) is 20.7 Å². The fraction of sp³-hybridized carbons (Fsp3) is 0.238. The lowest BCUT2D eigenvalue weighted by molar-refractivity contribution is -0.141. The standard InChI is InChI=1S/C21H22N2O4/c1-26-16-9-7-14(8-10-16)19(12-21(25)27-2)23-20(24)11-15-13-22-18-6-4-3-5-17(15)18/h3-10,13,19,22H,11-12H2,1-2H3,(H,23,24). The topological polar surface area (TPSA) is 80.4 Å². The summed E-state index contributed by atoms with van der Waals surface area (Å²) in [7, 11) is 2.92. The normalized spacial score (nSPS) is 11.8. The van der Waals surface area contributed by atoms with Crippen molar-refractivity contribution in [2.45, 2.75) is 18.9 Å². The summed E-state index contributed by atoms with van der Waals surface area (Å²) in [5.41, 5.74) is 2.71. The second-order valence-electron chi connectivity index (χ2n) is 6.21. The molecule has 2 N–H and O–H groups in total. The number of carbonyl (C=O) groups excluding carboxylic acids is 2. The predicted molar refractivity (Wildman–Crippen MR) is 103 cm³/mol. The summed E-state index contributed by atoms with van der Waals surface area (Å²) in [6.07, 6.45) is 2.12. The molecular weight excluding hydrogens is 344 g/mol. The minimum absolute atomic E-state index is 0.0580. The zero-order valence-electron chi connectivity index (χ0n) is 15.3. The Bertz CT molecular complexity index is 931. The second kappa shape index (κ2) is 8.40. The molecule has 2 aromatic carbocycles. The van der Waals surface area contributed by atoms with Gasteiger partial charge in [0.1, 0.15) is 5.75 Å². The van der Waals surface area contributed by atoms with E-state index < -0.39 is 6.04 Å². The summed E-state index contributed by atoms with van der Waals surface area (Å²) in [5.74, 6) is 0.161. The van der Waals surface area contributed by atoms with E-state index in [1.165, 1.54) is 7.11 Å². The Hall–Kier alpha value is -3.28. The van der Waals surface area contributed by atoms with Crippen molar-refractivity contribution in [3.63, 3.8) is 0 Å². The Labute approximate surface area is 157 Å². The van der Waals surface area contributed by atoms with Crippen LogP contribution in [0.15, 0.2) is 54.7 Å². The van der Waals surface area contributed by atoms with Gasteiger partial charge in [0.05, 0.1) is 33.1 Å². The van der Waals surface area contributed by atoms with Crippen LogP contribution in [0.2, 0.25) is 0 Å². The van der Waals surface area contributed by atoms with E-state index in [-0.39, 0.29) is 24.7 Å². The van der Waals surface area contributed by atoms with Crippen LogP contribution in [0.4, 0.5) is 0 Å². The number of fused-ring (bicyclic) bond motifs is 1. The van der Waals surface area contributed by atoms with Crippen molar-refractivity contribution >= 4 is 22.8 Å². The van der Waals surface area contributed by atoms with Crippen LogP contribution in [-0.4, -0.2) is 31.1 Å². The number of esters is 1. The number of H-pyrrole nitrogens is 1. The summed E-state index contributed by atoms with van der Waals surface area (Å²) >= 11 is 0. The Morgan fingerprint density at radius 1 is 1.07 bits per heavy atom. The van der Waals surface area contributed by atoms with Crippen molar-refractivity contribution in [3.05, 3.63) is 65.9 Å². The van der Waals surface area contributed by atoms with Crippen LogP contribution in [0.5, 0.6) is 5.75 Å². The summed E-state index contributed by atoms with van der Waals surface area (Å²) < 4.78 is 9.93. The molecule has 0 aliphatic rings. The quantitative estimate of drug-likeness (QED) is 0.630. The molecule has 6 heteroatoms. The lowest BCUT2D eigenvalue weighted by Crippen LogP contribution is -2.31. The summed E-state index contributed by atoms with van der Waals surface area (Å²) in [6, 6.07) is 14.6. The lowest BCUT2D eigenvalue weighted by Gasteiger charge is -2.18. The monoisotopic (exact) mass is 366 g/mol. The SMILES string of the molecule is COC(=O)CC(NC(=O)Cc1c[nH]c2ccccc12)c1ccc(OC)cc1. The minimum atomic E-state index is -0.471. The number of carbonyl (C=O) groups is 2. The maximum Gasteiger partial charge on any atom is 0.307 e. The van der Waals surface area contributed by atoms with Crippen molar-refractivity contribution in [3.8, 4) is 5.75 Å². The molecule has 0 aliphatic heterocycles. The van der Waals surface area contributed by atoms with E-state index in [9.17, 15) is 9.59 Å². The zero-order valence-corrected chi connectivity index (χ0v) is 15.3. The van der Waals surface area contributed by atoms with Crippen LogP contribution in [0.3, 0.4) is 0 Å². The summed E-state index contributed by atoms with van der Waals surface area (Å²) in [5, 5.41) is 3.96. The van der Waals surface area contributed by atoms with Crippen molar-refractivity contribution in [2.24, 2.45) is 0 Å². The van der Waals surface area contributed by atoms with Crippen molar-refractivity contribution < 1.29 is 19.1 Å². The molecule has 1 amide bonds. The first-order valence-electron chi connectivity index (χ1n) is 8.66. The number of nitrogens with one attached hydrogen (secondary N) is 2. The van der Waals surface area contributed by atoms with E-state index in [4.69, 9.17) is 9.47 Å². The Balaban J connectivity index is 1.75. The van der Waals surface area contributed by atoms with Crippen molar-refractivity contribution in [1.29, 1.82) is 0 Å². The number of hydrogen-bond acceptors (Lipinski definition) is 4. The maximum atomic E-state index is 12.6. The first-order chi connectivity index (χ1) is 13.1. The van der Waals surface area contributed by atoms with Gasteiger partial charge in [0, 0.05) is 17.1 Å². The van der Waals surface area contributed by atoms with Crippen LogP contribution in [0, 0.1) is 0 Å². The molecular formula is C21H22N2O4. The van der Waals surface area contributed by atoms with E-state index in [0.717, 1.165) is 22.0 Å². The molecule has 0 saturated heterocycles. The number of aromatic nitrogens is 1. The summed E-state index contributed by atoms with van der Waals surface area (Å²) in [6.45, 7) is 0. The molecule has 3 rings (SSSR count). The minimum Gasteiger partial charge on any atom is -0.497 e. The van der Waals surface area contributed by atoms with Gasteiger partial charge in [0.15, 0.2) is 0 Å². The number of methoxy groups -OCH3 is 2. The van der Waals surface area contributed by atoms with Gasteiger partial charge < -0.3 is 19.8 Å². The van der Waals surface area contributed by atoms with Gasteiger partial charge in [-0.2, -0.15) is 0 Å². The van der Waals surface area contributed by atoms with E-state index in [1.807, 2.05) is 42.6 Å². The van der Waals surface area contributed by atoms with Crippen LogP contribution >= 0.6 is 0 Å². The molecule has 1 atom stereocenters. The average Bonchev–Trinajstić information content (AvgIpc) is 3.10. The molecule has 1 heterocycles. The van der Waals surface area contributed by atoms with Gasteiger partial charge in [-0.15, -0.1) is 0 Å². The van der Waals surface area contributed by atoms with Crippen molar-refractivity contribution in [1.82, 2.24) is 10.3 Å². The number of ether oxygens (including phenoxy) is 2. The number of aromatic amines is 1. The molecule has 140 valence electrons. The molecule has 0 bridgehead atoms. The van der Waals surface area contributed by atoms with Gasteiger partial charge in [-0.3, -0.25) is 9.59 Å². The highest BCUT2D eigenvalue weighted by atomic mass is 16.5. The maximum absolute atomic E-state index is 12.6. The first kappa shape index (κ1) is 18.5. The second-order valence-corrected chi connectivity index (χ2v) is 6.21. The third-order valence-corrected chi connectivity index (χ3v) is 4.48. The molecule has 0 radical (unpaired) electrons. The van der Waals surface area contributed by atoms with Crippen molar-refractivity contribution in [2.75, 3.05) is 14.2 Å². The Morgan fingerprint density at radius 3 is 2.52 bits per heavy atom. The largest absolute Gasteiger partial charge is 0.497 e. The molecule has 27 heavy (non-hydrogen) atoms. The molecule has 0 fully saturated rings. The van der Waals surface area contributed by atoms with Gasteiger partial charge in [0.25, 0.3) is 0 Å². The van der Waals surface area contributed by atoms with Crippen LogP contribution in [0.1, 0.15) is 23.6 Å². The fourth-order valence-electron chi connectivity index (χ4n) is 3.03. The van der Waals surface area contributed by atoms with Gasteiger partial charge in [0.2, 0.25) is 5.91 Å². The molecule has 6 nitrogen and oxygen atoms in total. The van der Waals surface area contributed by atoms with Crippen LogP contribution in [0.25, 0.3) is 10.9 Å². The third-order valence-electron chi connectivity index (χ3n) is 4.48. The Kier molecular flexibility index (Phi) is 5.76. The molecule has 3 aromatic rings. The number of benzene rings is 2. The molecule has 0 spiro atoms. The number of hydrogen-bond donors (Lipinski definition) is 2.